The number of nitrogens with zero attached hydrogens (tertiary/aromatic N) is 1. The summed E-state index contributed by atoms with van der Waals surface area (Å²) >= 11 is 5.98. The highest BCUT2D eigenvalue weighted by molar-refractivity contribution is 7.89. The second kappa shape index (κ2) is 8.50. The van der Waals surface area contributed by atoms with Crippen LogP contribution in [-0.4, -0.2) is 33.2 Å². The summed E-state index contributed by atoms with van der Waals surface area (Å²) in [4.78, 5) is 13.4. The van der Waals surface area contributed by atoms with Crippen LogP contribution in [-0.2, 0) is 14.8 Å². The summed E-state index contributed by atoms with van der Waals surface area (Å²) in [5.41, 5.74) is 1.61. The van der Waals surface area contributed by atoms with Crippen molar-refractivity contribution in [3.8, 4) is 0 Å². The summed E-state index contributed by atoms with van der Waals surface area (Å²) in [5, 5.41) is 0.537. The summed E-state index contributed by atoms with van der Waals surface area (Å²) in [6.07, 6.45) is 1.45. The minimum atomic E-state index is -3.28. The first-order chi connectivity index (χ1) is 10.3. The molecule has 0 heterocycles. The van der Waals surface area contributed by atoms with E-state index < -0.39 is 10.0 Å². The summed E-state index contributed by atoms with van der Waals surface area (Å²) in [7, 11) is -3.28. The fourth-order valence-electron chi connectivity index (χ4n) is 2.04. The van der Waals surface area contributed by atoms with Crippen LogP contribution >= 0.6 is 11.6 Å². The number of amides is 1. The third-order valence-electron chi connectivity index (χ3n) is 3.27. The van der Waals surface area contributed by atoms with E-state index in [9.17, 15) is 13.2 Å². The van der Waals surface area contributed by atoms with E-state index in [2.05, 4.69) is 4.72 Å². The van der Waals surface area contributed by atoms with Crippen LogP contribution in [0, 0.1) is 6.92 Å². The molecular weight excluding hydrogens is 324 g/mol. The van der Waals surface area contributed by atoms with E-state index >= 15 is 0 Å². The highest BCUT2D eigenvalue weighted by Gasteiger charge is 2.16. The maximum Gasteiger partial charge on any atom is 0.223 e. The molecule has 7 heteroatoms. The van der Waals surface area contributed by atoms with Crippen LogP contribution in [0.15, 0.2) is 18.2 Å². The predicted octanol–water partition coefficient (Wildman–Crippen LogP) is 2.72. The van der Waals surface area contributed by atoms with Crippen LogP contribution in [0.3, 0.4) is 0 Å². The molecule has 1 N–H and O–H groups in total. The lowest BCUT2D eigenvalue weighted by atomic mass is 10.2. The van der Waals surface area contributed by atoms with Crippen LogP contribution < -0.4 is 9.62 Å². The summed E-state index contributed by atoms with van der Waals surface area (Å²) in [6.45, 7) is 5.72. The number of carbonyl (C=O) groups is 1. The van der Waals surface area contributed by atoms with E-state index in [0.29, 0.717) is 17.1 Å². The molecule has 124 valence electrons. The maximum atomic E-state index is 11.8. The lowest BCUT2D eigenvalue weighted by Gasteiger charge is -2.23. The van der Waals surface area contributed by atoms with E-state index in [-0.39, 0.29) is 24.7 Å². The van der Waals surface area contributed by atoms with E-state index in [0.717, 1.165) is 12.0 Å². The van der Waals surface area contributed by atoms with Gasteiger partial charge in [0.25, 0.3) is 0 Å². The monoisotopic (exact) mass is 346 g/mol. The molecule has 1 aromatic carbocycles. The van der Waals surface area contributed by atoms with Gasteiger partial charge in [0, 0.05) is 30.7 Å². The second-order valence-electron chi connectivity index (χ2n) is 5.17. The van der Waals surface area contributed by atoms with E-state index in [1.54, 1.807) is 12.1 Å². The van der Waals surface area contributed by atoms with Crippen molar-refractivity contribution in [2.45, 2.75) is 33.6 Å². The number of anilines is 1. The summed E-state index contributed by atoms with van der Waals surface area (Å²) in [6, 6.07) is 5.30. The van der Waals surface area contributed by atoms with Gasteiger partial charge in [-0.2, -0.15) is 0 Å². The number of halogens is 1. The minimum Gasteiger partial charge on any atom is -0.311 e. The van der Waals surface area contributed by atoms with Gasteiger partial charge < -0.3 is 4.90 Å². The van der Waals surface area contributed by atoms with Crippen molar-refractivity contribution in [3.63, 3.8) is 0 Å². The Morgan fingerprint density at radius 2 is 2.05 bits per heavy atom. The van der Waals surface area contributed by atoms with Crippen LogP contribution in [0.2, 0.25) is 5.02 Å². The molecule has 1 rings (SSSR count). The second-order valence-corrected chi connectivity index (χ2v) is 7.53. The zero-order chi connectivity index (χ0) is 16.8. The van der Waals surface area contributed by atoms with Gasteiger partial charge in [0.2, 0.25) is 15.9 Å². The minimum absolute atomic E-state index is 0.111. The first kappa shape index (κ1) is 18.9. The average Bonchev–Trinajstić information content (AvgIpc) is 2.44. The molecule has 0 unspecified atom stereocenters. The first-order valence-electron chi connectivity index (χ1n) is 7.28. The Labute approximate surface area is 137 Å². The molecule has 22 heavy (non-hydrogen) atoms. The van der Waals surface area contributed by atoms with Crippen molar-refractivity contribution in [3.05, 3.63) is 28.8 Å². The van der Waals surface area contributed by atoms with Crippen LogP contribution in [0.5, 0.6) is 0 Å². The van der Waals surface area contributed by atoms with Crippen LogP contribution in [0.1, 0.15) is 32.3 Å². The number of aryl methyl sites for hydroxylation is 1. The molecule has 1 aromatic rings. The number of hydrogen-bond acceptors (Lipinski definition) is 3. The first-order valence-corrected chi connectivity index (χ1v) is 9.31. The fourth-order valence-corrected chi connectivity index (χ4v) is 3.42. The summed E-state index contributed by atoms with van der Waals surface area (Å²) in [5.74, 6) is -0.0436. The highest BCUT2D eigenvalue weighted by atomic mass is 35.5. The number of carbonyl (C=O) groups excluding carboxylic acids is 1. The van der Waals surface area contributed by atoms with Gasteiger partial charge in [-0.1, -0.05) is 31.0 Å². The maximum absolute atomic E-state index is 11.8. The number of rotatable bonds is 8. The van der Waals surface area contributed by atoms with E-state index in [1.807, 2.05) is 19.9 Å². The Balaban J connectivity index is 2.74. The lowest BCUT2D eigenvalue weighted by molar-refractivity contribution is -0.116. The van der Waals surface area contributed by atoms with E-state index in [4.69, 9.17) is 11.6 Å². The highest BCUT2D eigenvalue weighted by Crippen LogP contribution is 2.24. The van der Waals surface area contributed by atoms with Crippen molar-refractivity contribution in [2.75, 3.05) is 23.7 Å². The third-order valence-corrected chi connectivity index (χ3v) is 4.97. The Bertz CT molecular complexity index is 617. The molecule has 0 spiro atoms. The molecule has 0 fully saturated rings. The number of hydrogen-bond donors (Lipinski definition) is 1. The number of nitrogens with one attached hydrogen (secondary N) is 1. The van der Waals surface area contributed by atoms with Gasteiger partial charge in [-0.05, 0) is 31.0 Å². The Morgan fingerprint density at radius 3 is 2.64 bits per heavy atom. The molecule has 0 atom stereocenters. The summed E-state index contributed by atoms with van der Waals surface area (Å²) < 4.78 is 26.1. The third kappa shape index (κ3) is 5.94. The van der Waals surface area contributed by atoms with Crippen LogP contribution in [0.4, 0.5) is 5.69 Å². The molecule has 0 aliphatic heterocycles. The molecule has 0 aromatic heterocycles. The molecular formula is C15H23ClN2O3S. The molecule has 0 saturated heterocycles. The van der Waals surface area contributed by atoms with Crippen LogP contribution in [0.25, 0.3) is 0 Å². The Morgan fingerprint density at radius 1 is 1.36 bits per heavy atom. The largest absolute Gasteiger partial charge is 0.311 e. The van der Waals surface area contributed by atoms with Gasteiger partial charge in [-0.3, -0.25) is 4.79 Å². The standard InChI is InChI=1S/C15H23ClN2O3S/c1-4-5-10-22(20,21)17-8-9-18(13(3)19)15-11-14(16)7-6-12(15)2/h6-7,11,17H,4-5,8-10H2,1-3H3. The Kier molecular flexibility index (Phi) is 7.32. The molecule has 0 aliphatic carbocycles. The zero-order valence-corrected chi connectivity index (χ0v) is 14.8. The molecule has 0 aliphatic rings. The zero-order valence-electron chi connectivity index (χ0n) is 13.2. The number of sulfonamides is 1. The van der Waals surface area contributed by atoms with Gasteiger partial charge >= 0.3 is 0 Å². The van der Waals surface area contributed by atoms with Gasteiger partial charge in [0.05, 0.1) is 5.75 Å². The van der Waals surface area contributed by atoms with Gasteiger partial charge in [0.1, 0.15) is 0 Å². The van der Waals surface area contributed by atoms with Gasteiger partial charge in [0.15, 0.2) is 0 Å². The molecule has 0 saturated carbocycles. The quantitative estimate of drug-likeness (QED) is 0.787. The van der Waals surface area contributed by atoms with Gasteiger partial charge in [-0.25, -0.2) is 13.1 Å². The molecule has 1 amide bonds. The van der Waals surface area contributed by atoms with Crippen molar-refractivity contribution >= 4 is 33.2 Å². The normalized spacial score (nSPS) is 11.5. The number of benzene rings is 1. The van der Waals surface area contributed by atoms with Gasteiger partial charge in [-0.15, -0.1) is 0 Å². The van der Waals surface area contributed by atoms with E-state index in [1.165, 1.54) is 11.8 Å². The SMILES string of the molecule is CCCCS(=O)(=O)NCCN(C(C)=O)c1cc(Cl)ccc1C. The topological polar surface area (TPSA) is 66.5 Å². The molecule has 0 bridgehead atoms. The van der Waals surface area contributed by atoms with Crippen molar-refractivity contribution < 1.29 is 13.2 Å². The number of unbranched alkanes of at least 4 members (excludes halogenated alkanes) is 1. The van der Waals surface area contributed by atoms with Crippen molar-refractivity contribution in [1.82, 2.24) is 4.72 Å². The lowest BCUT2D eigenvalue weighted by Crippen LogP contribution is -2.38. The predicted molar refractivity (Wildman–Crippen MR) is 90.9 cm³/mol. The molecule has 0 radical (unpaired) electrons. The van der Waals surface area contributed by atoms with Crippen molar-refractivity contribution in [1.29, 1.82) is 0 Å². The average molecular weight is 347 g/mol. The smallest absolute Gasteiger partial charge is 0.223 e. The molecule has 5 nitrogen and oxygen atoms in total. The Hall–Kier alpha value is -1.11. The fraction of sp³-hybridized carbons (Fsp3) is 0.533. The van der Waals surface area contributed by atoms with Crippen molar-refractivity contribution in [2.24, 2.45) is 0 Å².